The van der Waals surface area contributed by atoms with Crippen LogP contribution in [0.4, 0.5) is 31.5 Å². The van der Waals surface area contributed by atoms with E-state index in [0.29, 0.717) is 35.8 Å². The minimum atomic E-state index is -4.97. The number of carbonyl (C=O) groups excluding carboxylic acids is 1. The van der Waals surface area contributed by atoms with Crippen molar-refractivity contribution >= 4 is 22.4 Å². The molecule has 0 radical (unpaired) electrons. The number of hydrogen-bond donors (Lipinski definition) is 2. The van der Waals surface area contributed by atoms with Gasteiger partial charge in [-0.05, 0) is 75.9 Å². The molecule has 36 heavy (non-hydrogen) atoms. The minimum absolute atomic E-state index is 0.0811. The van der Waals surface area contributed by atoms with Gasteiger partial charge in [-0.2, -0.15) is 26.3 Å². The van der Waals surface area contributed by atoms with E-state index < -0.39 is 40.8 Å². The molecule has 1 aliphatic carbocycles. The molecule has 1 aromatic carbocycles. The average Bonchev–Trinajstić information content (AvgIpc) is 3.46. The van der Waals surface area contributed by atoms with Gasteiger partial charge in [0.05, 0.1) is 28.3 Å². The molecule has 12 heteroatoms. The maximum Gasteiger partial charge on any atom is 0.416 e. The summed E-state index contributed by atoms with van der Waals surface area (Å²) < 4.78 is 80.0. The van der Waals surface area contributed by atoms with Crippen molar-refractivity contribution in [3.63, 3.8) is 0 Å². The first-order valence-electron chi connectivity index (χ1n) is 11.9. The highest BCUT2D eigenvalue weighted by Gasteiger charge is 2.50. The Hall–Kier alpha value is -2.34. The molecule has 2 heterocycles. The number of thiazole rings is 1. The monoisotopic (exact) mass is 534 g/mol. The number of carbonyl (C=O) groups is 1. The lowest BCUT2D eigenvalue weighted by atomic mass is 9.81. The quantitative estimate of drug-likeness (QED) is 0.468. The van der Waals surface area contributed by atoms with Gasteiger partial charge >= 0.3 is 12.4 Å². The highest BCUT2D eigenvalue weighted by molar-refractivity contribution is 7.13. The van der Waals surface area contributed by atoms with Crippen LogP contribution in [0.25, 0.3) is 0 Å². The summed E-state index contributed by atoms with van der Waals surface area (Å²) in [5.41, 5.74) is 2.18. The molecule has 1 amide bonds. The number of rotatable bonds is 5. The van der Waals surface area contributed by atoms with Gasteiger partial charge in [-0.25, -0.2) is 4.98 Å². The van der Waals surface area contributed by atoms with Crippen LogP contribution in [0.1, 0.15) is 73.9 Å². The average molecular weight is 535 g/mol. The molecule has 2 fully saturated rings. The zero-order valence-corrected chi connectivity index (χ0v) is 20.5. The fourth-order valence-corrected chi connectivity index (χ4v) is 5.99. The first-order valence-corrected chi connectivity index (χ1v) is 12.7. The molecule has 2 aromatic rings. The van der Waals surface area contributed by atoms with Gasteiger partial charge in [0.1, 0.15) is 0 Å². The topological polar surface area (TPSA) is 71.2 Å². The van der Waals surface area contributed by atoms with Crippen LogP contribution in [0.15, 0.2) is 23.6 Å². The number of halogens is 6. The number of piperidine rings is 1. The summed E-state index contributed by atoms with van der Waals surface area (Å²) in [4.78, 5) is 20.4. The van der Waals surface area contributed by atoms with Crippen molar-refractivity contribution in [1.82, 2.24) is 15.2 Å². The van der Waals surface area contributed by atoms with E-state index >= 15 is 0 Å². The van der Waals surface area contributed by atoms with Crippen LogP contribution in [0, 0.1) is 0 Å². The SMILES string of the molecule is CC(NC(=O)C1(c2csc(N)n2)CCC(N2CCCCC2)C1)c1cc(C(F)(F)F)cc(C(F)(F)F)c1. The molecule has 0 spiro atoms. The number of nitrogen functional groups attached to an aromatic ring is 1. The van der Waals surface area contributed by atoms with Crippen LogP contribution in [0.3, 0.4) is 0 Å². The van der Waals surface area contributed by atoms with Crippen molar-refractivity contribution in [2.45, 2.75) is 75.3 Å². The van der Waals surface area contributed by atoms with Gasteiger partial charge in [0.2, 0.25) is 5.91 Å². The third-order valence-electron chi connectivity index (χ3n) is 7.30. The molecular formula is C24H28F6N4OS. The normalized spacial score (nSPS) is 24.6. The van der Waals surface area contributed by atoms with Gasteiger partial charge in [-0.1, -0.05) is 6.42 Å². The van der Waals surface area contributed by atoms with E-state index in [2.05, 4.69) is 15.2 Å². The van der Waals surface area contributed by atoms with Crippen LogP contribution in [-0.2, 0) is 22.6 Å². The van der Waals surface area contributed by atoms with Crippen molar-refractivity contribution in [2.75, 3.05) is 18.8 Å². The fraction of sp³-hybridized carbons (Fsp3) is 0.583. The van der Waals surface area contributed by atoms with Gasteiger partial charge in [0, 0.05) is 11.4 Å². The molecule has 0 bridgehead atoms. The molecule has 3 unspecified atom stereocenters. The molecule has 4 rings (SSSR count). The molecule has 5 nitrogen and oxygen atoms in total. The second kappa shape index (κ2) is 9.85. The van der Waals surface area contributed by atoms with Gasteiger partial charge in [-0.15, -0.1) is 11.3 Å². The maximum atomic E-state index is 13.7. The summed E-state index contributed by atoms with van der Waals surface area (Å²) in [7, 11) is 0. The van der Waals surface area contributed by atoms with Crippen molar-refractivity contribution < 1.29 is 31.1 Å². The third-order valence-corrected chi connectivity index (χ3v) is 7.97. The second-order valence-electron chi connectivity index (χ2n) is 9.68. The van der Waals surface area contributed by atoms with Gasteiger partial charge in [0.25, 0.3) is 0 Å². The number of amides is 1. The van der Waals surface area contributed by atoms with E-state index in [9.17, 15) is 31.1 Å². The second-order valence-corrected chi connectivity index (χ2v) is 10.6. The molecule has 1 saturated carbocycles. The third kappa shape index (κ3) is 5.49. The Morgan fingerprint density at radius 2 is 1.72 bits per heavy atom. The Kier molecular flexibility index (Phi) is 7.31. The van der Waals surface area contributed by atoms with Crippen molar-refractivity contribution in [2.24, 2.45) is 0 Å². The summed E-state index contributed by atoms with van der Waals surface area (Å²) >= 11 is 1.19. The fourth-order valence-electron chi connectivity index (χ4n) is 5.32. The molecule has 1 aromatic heterocycles. The number of hydrogen-bond acceptors (Lipinski definition) is 5. The molecule has 3 atom stereocenters. The number of alkyl halides is 6. The van der Waals surface area contributed by atoms with Crippen LogP contribution in [-0.4, -0.2) is 34.9 Å². The van der Waals surface area contributed by atoms with Gasteiger partial charge in [-0.3, -0.25) is 4.79 Å². The lowest BCUT2D eigenvalue weighted by molar-refractivity contribution is -0.143. The predicted octanol–water partition coefficient (Wildman–Crippen LogP) is 5.92. The Morgan fingerprint density at radius 3 is 2.25 bits per heavy atom. The smallest absolute Gasteiger partial charge is 0.375 e. The summed E-state index contributed by atoms with van der Waals surface area (Å²) in [5.74, 6) is -0.467. The summed E-state index contributed by atoms with van der Waals surface area (Å²) in [6, 6.07) is 0.428. The first kappa shape index (κ1) is 26.7. The zero-order valence-electron chi connectivity index (χ0n) is 19.7. The Labute approximate surface area is 209 Å². The Morgan fingerprint density at radius 1 is 1.11 bits per heavy atom. The standard InChI is InChI=1S/C24H28F6N4OS/c1-14(15-9-16(23(25,26)27)11-17(10-15)24(28,29)30)32-20(35)22(19-13-36-21(31)33-19)6-5-18(12-22)34-7-3-2-4-8-34/h9-11,13-14,18H,2-8,12H2,1H3,(H2,31,33)(H,32,35). The highest BCUT2D eigenvalue weighted by atomic mass is 32.1. The maximum absolute atomic E-state index is 13.7. The molecule has 2 aliphatic rings. The van der Waals surface area contributed by atoms with Crippen LogP contribution in [0.5, 0.6) is 0 Å². The number of aromatic nitrogens is 1. The minimum Gasteiger partial charge on any atom is -0.375 e. The van der Waals surface area contributed by atoms with E-state index in [1.807, 2.05) is 0 Å². The van der Waals surface area contributed by atoms with E-state index in [1.54, 1.807) is 5.38 Å². The highest BCUT2D eigenvalue weighted by Crippen LogP contribution is 2.45. The molecule has 1 aliphatic heterocycles. The summed E-state index contributed by atoms with van der Waals surface area (Å²) in [6.45, 7) is 3.25. The number of nitrogens with two attached hydrogens (primary N) is 1. The number of likely N-dealkylation sites (tertiary alicyclic amines) is 1. The number of benzene rings is 1. The van der Waals surface area contributed by atoms with Crippen LogP contribution < -0.4 is 11.1 Å². The van der Waals surface area contributed by atoms with Crippen molar-refractivity contribution in [3.8, 4) is 0 Å². The lowest BCUT2D eigenvalue weighted by Gasteiger charge is -2.34. The van der Waals surface area contributed by atoms with E-state index in [-0.39, 0.29) is 17.7 Å². The predicted molar refractivity (Wildman–Crippen MR) is 124 cm³/mol. The van der Waals surface area contributed by atoms with E-state index in [1.165, 1.54) is 18.3 Å². The van der Waals surface area contributed by atoms with Gasteiger partial charge in [0.15, 0.2) is 5.13 Å². The first-order chi connectivity index (χ1) is 16.8. The number of nitrogens with one attached hydrogen (secondary N) is 1. The van der Waals surface area contributed by atoms with Gasteiger partial charge < -0.3 is 16.0 Å². The number of nitrogens with zero attached hydrogens (tertiary/aromatic N) is 2. The number of anilines is 1. The van der Waals surface area contributed by atoms with Crippen LogP contribution >= 0.6 is 11.3 Å². The molecule has 1 saturated heterocycles. The zero-order chi connectivity index (χ0) is 26.3. The largest absolute Gasteiger partial charge is 0.416 e. The van der Waals surface area contributed by atoms with E-state index in [0.717, 1.165) is 38.8 Å². The molecule has 3 N–H and O–H groups in total. The summed E-state index contributed by atoms with van der Waals surface area (Å²) in [6.07, 6.45) is -4.95. The van der Waals surface area contributed by atoms with E-state index in [4.69, 9.17) is 5.73 Å². The lowest BCUT2D eigenvalue weighted by Crippen LogP contribution is -2.46. The summed E-state index contributed by atoms with van der Waals surface area (Å²) in [5, 5.41) is 4.70. The Bertz CT molecular complexity index is 1060. The Balaban J connectivity index is 1.63. The molecular weight excluding hydrogens is 506 g/mol. The van der Waals surface area contributed by atoms with Crippen molar-refractivity contribution in [3.05, 3.63) is 46.0 Å². The van der Waals surface area contributed by atoms with Crippen molar-refractivity contribution in [1.29, 1.82) is 0 Å². The van der Waals surface area contributed by atoms with Crippen LogP contribution in [0.2, 0.25) is 0 Å². The molecule has 198 valence electrons.